The number of halogens is 1. The number of hydrogen-bond acceptors (Lipinski definition) is 3. The van der Waals surface area contributed by atoms with Crippen molar-refractivity contribution in [3.63, 3.8) is 0 Å². The van der Waals surface area contributed by atoms with Gasteiger partial charge in [-0.1, -0.05) is 11.6 Å². The fraction of sp³-hybridized carbons (Fsp3) is 0.353. The number of thiophene rings is 1. The van der Waals surface area contributed by atoms with Crippen molar-refractivity contribution < 1.29 is 4.79 Å². The SMILES string of the molecule is CN1CCc2c(Cl)ccc3sc(/C=C/C(=O)N(C)C)c(c23)C1. The van der Waals surface area contributed by atoms with Crippen LogP contribution in [0.5, 0.6) is 0 Å². The third-order valence-electron chi connectivity index (χ3n) is 4.03. The van der Waals surface area contributed by atoms with E-state index in [-0.39, 0.29) is 5.91 Å². The van der Waals surface area contributed by atoms with E-state index in [0.717, 1.165) is 29.4 Å². The molecule has 0 spiro atoms. The van der Waals surface area contributed by atoms with Crippen molar-refractivity contribution in [2.45, 2.75) is 13.0 Å². The van der Waals surface area contributed by atoms with Crippen LogP contribution in [-0.2, 0) is 17.8 Å². The normalized spacial score (nSPS) is 15.5. The third-order valence-corrected chi connectivity index (χ3v) is 5.54. The molecule has 3 nitrogen and oxygen atoms in total. The molecule has 0 saturated heterocycles. The Morgan fingerprint density at radius 3 is 2.86 bits per heavy atom. The van der Waals surface area contributed by atoms with Crippen molar-refractivity contribution in [3.8, 4) is 0 Å². The van der Waals surface area contributed by atoms with E-state index in [1.807, 2.05) is 12.1 Å². The molecule has 3 rings (SSSR count). The molecular formula is C17H19ClN2OS. The largest absolute Gasteiger partial charge is 0.345 e. The molecule has 1 aromatic carbocycles. The molecule has 0 radical (unpaired) electrons. The standard InChI is InChI=1S/C17H19ClN2OS/c1-19(2)16(21)7-6-14-12-10-20(3)9-8-11-13(18)4-5-15(22-14)17(11)12/h4-7H,8-10H2,1-3H3/b7-6+. The predicted molar refractivity (Wildman–Crippen MR) is 94.6 cm³/mol. The Morgan fingerprint density at radius 1 is 1.36 bits per heavy atom. The first kappa shape index (κ1) is 15.5. The molecule has 1 amide bonds. The van der Waals surface area contributed by atoms with E-state index in [9.17, 15) is 4.79 Å². The predicted octanol–water partition coefficient (Wildman–Crippen LogP) is 3.64. The van der Waals surface area contributed by atoms with E-state index in [1.165, 1.54) is 21.2 Å². The molecule has 1 aliphatic heterocycles. The lowest BCUT2D eigenvalue weighted by Gasteiger charge is -2.13. The van der Waals surface area contributed by atoms with Crippen LogP contribution in [0.25, 0.3) is 16.2 Å². The molecule has 0 atom stereocenters. The van der Waals surface area contributed by atoms with Crippen LogP contribution in [0.1, 0.15) is 16.0 Å². The number of likely N-dealkylation sites (N-methyl/N-ethyl adjacent to an activating group) is 2. The van der Waals surface area contributed by atoms with Gasteiger partial charge in [-0.05, 0) is 42.8 Å². The summed E-state index contributed by atoms with van der Waals surface area (Å²) < 4.78 is 1.25. The summed E-state index contributed by atoms with van der Waals surface area (Å²) in [4.78, 5) is 16.9. The minimum absolute atomic E-state index is 0.00453. The summed E-state index contributed by atoms with van der Waals surface area (Å²) in [6, 6.07) is 4.08. The van der Waals surface area contributed by atoms with Gasteiger partial charge in [-0.25, -0.2) is 0 Å². The number of hydrogen-bond donors (Lipinski definition) is 0. The molecule has 22 heavy (non-hydrogen) atoms. The summed E-state index contributed by atoms with van der Waals surface area (Å²) in [6.07, 6.45) is 4.56. The van der Waals surface area contributed by atoms with Crippen LogP contribution in [-0.4, -0.2) is 43.4 Å². The Kier molecular flexibility index (Phi) is 4.26. The van der Waals surface area contributed by atoms with Gasteiger partial charge in [0.2, 0.25) is 5.91 Å². The molecular weight excluding hydrogens is 316 g/mol. The highest BCUT2D eigenvalue weighted by atomic mass is 35.5. The molecule has 0 unspecified atom stereocenters. The number of amides is 1. The Balaban J connectivity index is 2.14. The van der Waals surface area contributed by atoms with Gasteiger partial charge < -0.3 is 9.80 Å². The molecule has 1 aliphatic rings. The number of carbonyl (C=O) groups excluding carboxylic acids is 1. The second-order valence-corrected chi connectivity index (χ2v) is 7.39. The molecule has 5 heteroatoms. The van der Waals surface area contributed by atoms with Gasteiger partial charge >= 0.3 is 0 Å². The van der Waals surface area contributed by atoms with Crippen molar-refractivity contribution in [1.29, 1.82) is 0 Å². The minimum Gasteiger partial charge on any atom is -0.345 e. The lowest BCUT2D eigenvalue weighted by Crippen LogP contribution is -2.19. The van der Waals surface area contributed by atoms with E-state index in [2.05, 4.69) is 18.0 Å². The van der Waals surface area contributed by atoms with Crippen molar-refractivity contribution in [2.75, 3.05) is 27.7 Å². The van der Waals surface area contributed by atoms with Crippen LogP contribution in [0, 0.1) is 0 Å². The van der Waals surface area contributed by atoms with Crippen LogP contribution in [0.4, 0.5) is 0 Å². The zero-order valence-electron chi connectivity index (χ0n) is 13.0. The monoisotopic (exact) mass is 334 g/mol. The van der Waals surface area contributed by atoms with Crippen LogP contribution in [0.2, 0.25) is 5.02 Å². The molecule has 0 aliphatic carbocycles. The van der Waals surface area contributed by atoms with Crippen LogP contribution >= 0.6 is 22.9 Å². The van der Waals surface area contributed by atoms with Gasteiger partial charge in [-0.2, -0.15) is 0 Å². The number of rotatable bonds is 2. The molecule has 0 N–H and O–H groups in total. The van der Waals surface area contributed by atoms with Crippen molar-refractivity contribution >= 4 is 45.0 Å². The van der Waals surface area contributed by atoms with E-state index in [1.54, 1.807) is 36.4 Å². The summed E-state index contributed by atoms with van der Waals surface area (Å²) in [5.74, 6) is 0.00453. The average molecular weight is 335 g/mol. The zero-order valence-corrected chi connectivity index (χ0v) is 14.6. The summed E-state index contributed by atoms with van der Waals surface area (Å²) in [7, 11) is 5.65. The van der Waals surface area contributed by atoms with Crippen molar-refractivity contribution in [3.05, 3.63) is 39.2 Å². The average Bonchev–Trinajstić information content (AvgIpc) is 2.70. The Hall–Kier alpha value is -1.36. The van der Waals surface area contributed by atoms with Crippen LogP contribution in [0.3, 0.4) is 0 Å². The molecule has 2 aromatic rings. The van der Waals surface area contributed by atoms with E-state index in [4.69, 9.17) is 11.6 Å². The third kappa shape index (κ3) is 2.78. The highest BCUT2D eigenvalue weighted by molar-refractivity contribution is 7.20. The Bertz CT molecular complexity index is 764. The highest BCUT2D eigenvalue weighted by Gasteiger charge is 2.21. The number of nitrogens with zero attached hydrogens (tertiary/aromatic N) is 2. The first-order chi connectivity index (χ1) is 10.5. The fourth-order valence-electron chi connectivity index (χ4n) is 2.80. The van der Waals surface area contributed by atoms with Gasteiger partial charge in [-0.3, -0.25) is 4.79 Å². The second-order valence-electron chi connectivity index (χ2n) is 5.90. The smallest absolute Gasteiger partial charge is 0.246 e. The van der Waals surface area contributed by atoms with Crippen molar-refractivity contribution in [1.82, 2.24) is 9.80 Å². The fourth-order valence-corrected chi connectivity index (χ4v) is 4.20. The topological polar surface area (TPSA) is 23.6 Å². The maximum absolute atomic E-state index is 11.8. The first-order valence-electron chi connectivity index (χ1n) is 7.28. The van der Waals surface area contributed by atoms with Crippen LogP contribution < -0.4 is 0 Å². The highest BCUT2D eigenvalue weighted by Crippen LogP contribution is 2.39. The van der Waals surface area contributed by atoms with Gasteiger partial charge in [0.05, 0.1) is 0 Å². The van der Waals surface area contributed by atoms with Crippen molar-refractivity contribution in [2.24, 2.45) is 0 Å². The lowest BCUT2D eigenvalue weighted by molar-refractivity contribution is -0.123. The summed E-state index contributed by atoms with van der Waals surface area (Å²) in [5.41, 5.74) is 2.54. The van der Waals surface area contributed by atoms with E-state index < -0.39 is 0 Å². The van der Waals surface area contributed by atoms with Gasteiger partial charge in [0.15, 0.2) is 0 Å². The number of carbonyl (C=O) groups is 1. The molecule has 0 saturated carbocycles. The minimum atomic E-state index is 0.00453. The quantitative estimate of drug-likeness (QED) is 0.783. The maximum Gasteiger partial charge on any atom is 0.246 e. The first-order valence-corrected chi connectivity index (χ1v) is 8.47. The molecule has 116 valence electrons. The molecule has 0 fully saturated rings. The summed E-state index contributed by atoms with van der Waals surface area (Å²) in [6.45, 7) is 1.89. The number of benzene rings is 1. The van der Waals surface area contributed by atoms with E-state index in [0.29, 0.717) is 0 Å². The van der Waals surface area contributed by atoms with Gasteiger partial charge in [0.1, 0.15) is 0 Å². The second kappa shape index (κ2) is 6.03. The molecule has 0 bridgehead atoms. The maximum atomic E-state index is 11.8. The van der Waals surface area contributed by atoms with Gasteiger partial charge in [-0.15, -0.1) is 11.3 Å². The van der Waals surface area contributed by atoms with E-state index >= 15 is 0 Å². The van der Waals surface area contributed by atoms with Crippen LogP contribution in [0.15, 0.2) is 18.2 Å². The summed E-state index contributed by atoms with van der Waals surface area (Å²) >= 11 is 8.15. The molecule has 2 heterocycles. The Labute approximate surface area is 139 Å². The lowest BCUT2D eigenvalue weighted by atomic mass is 10.0. The Morgan fingerprint density at radius 2 is 2.14 bits per heavy atom. The molecule has 1 aromatic heterocycles. The summed E-state index contributed by atoms with van der Waals surface area (Å²) in [5, 5.41) is 2.14. The van der Waals surface area contributed by atoms with Gasteiger partial charge in [0.25, 0.3) is 0 Å². The van der Waals surface area contributed by atoms with Gasteiger partial charge in [0, 0.05) is 53.2 Å². The zero-order chi connectivity index (χ0) is 15.9.